The summed E-state index contributed by atoms with van der Waals surface area (Å²) in [7, 11) is 0. The van der Waals surface area contributed by atoms with E-state index in [0.29, 0.717) is 0 Å². The van der Waals surface area contributed by atoms with Crippen LogP contribution in [0, 0.1) is 0 Å². The van der Waals surface area contributed by atoms with Gasteiger partial charge in [-0.3, -0.25) is 0 Å². The molecule has 2 aliphatic rings. The topological polar surface area (TPSA) is 0 Å². The van der Waals surface area contributed by atoms with Crippen molar-refractivity contribution in [2.45, 2.75) is 12.8 Å². The maximum absolute atomic E-state index is 2.45. The van der Waals surface area contributed by atoms with Crippen molar-refractivity contribution >= 4 is 38.4 Å². The molecular weight excluding hydrogens is 480 g/mol. The predicted octanol–water partition coefficient (Wildman–Crippen LogP) is 11.0. The lowest BCUT2D eigenvalue weighted by atomic mass is 9.79. The molecule has 1 atom stereocenters. The summed E-state index contributed by atoms with van der Waals surface area (Å²) in [5.74, 6) is 0.253. The molecule has 0 amide bonds. The summed E-state index contributed by atoms with van der Waals surface area (Å²) in [6, 6.07) is 47.5. The largest absolute Gasteiger partial charge is 0.0619 e. The molecule has 2 aliphatic carbocycles. The maximum atomic E-state index is 2.45. The van der Waals surface area contributed by atoms with Gasteiger partial charge in [-0.05, 0) is 101 Å². The van der Waals surface area contributed by atoms with Gasteiger partial charge in [-0.15, -0.1) is 0 Å². The highest BCUT2D eigenvalue weighted by Gasteiger charge is 2.29. The molecular formula is C40H26. The second-order valence-electron chi connectivity index (χ2n) is 11.3. The summed E-state index contributed by atoms with van der Waals surface area (Å²) < 4.78 is 0. The average molecular weight is 507 g/mol. The summed E-state index contributed by atoms with van der Waals surface area (Å²) in [6.45, 7) is 2.29. The standard InChI is InChI=1S/C40H26/c1-24-21-25-11-2-3-13-28(25)37(24)40-34-18-8-6-16-32(34)39(33-17-7-9-19-35(33)40)27-22-26-12-10-20-31-29-14-4-5-15-30(29)36(23-27)38(26)31/h2-23,37H,1H3. The van der Waals surface area contributed by atoms with E-state index in [1.807, 2.05) is 0 Å². The maximum Gasteiger partial charge on any atom is 0.0317 e. The molecule has 0 N–H and O–H groups in total. The quantitative estimate of drug-likeness (QED) is 0.205. The zero-order valence-electron chi connectivity index (χ0n) is 22.3. The molecule has 0 fully saturated rings. The first-order chi connectivity index (χ1) is 19.8. The molecule has 0 heteroatoms. The van der Waals surface area contributed by atoms with Gasteiger partial charge in [0, 0.05) is 5.92 Å². The van der Waals surface area contributed by atoms with Crippen LogP contribution >= 0.6 is 0 Å². The molecule has 0 aromatic heterocycles. The zero-order valence-corrected chi connectivity index (χ0v) is 22.3. The first-order valence-corrected chi connectivity index (χ1v) is 14.2. The van der Waals surface area contributed by atoms with E-state index in [9.17, 15) is 0 Å². The molecule has 7 aromatic carbocycles. The van der Waals surface area contributed by atoms with E-state index < -0.39 is 0 Å². The monoisotopic (exact) mass is 506 g/mol. The zero-order chi connectivity index (χ0) is 26.4. The van der Waals surface area contributed by atoms with E-state index in [4.69, 9.17) is 0 Å². The van der Waals surface area contributed by atoms with E-state index in [-0.39, 0.29) is 5.92 Å². The minimum atomic E-state index is 0.253. The van der Waals surface area contributed by atoms with Crippen LogP contribution in [0.2, 0.25) is 0 Å². The van der Waals surface area contributed by atoms with Crippen LogP contribution < -0.4 is 0 Å². The highest BCUT2D eigenvalue weighted by atomic mass is 14.3. The molecule has 0 nitrogen and oxygen atoms in total. The second-order valence-corrected chi connectivity index (χ2v) is 11.3. The number of benzene rings is 7. The Bertz CT molecular complexity index is 2170. The first kappa shape index (κ1) is 21.9. The van der Waals surface area contributed by atoms with Gasteiger partial charge in [-0.1, -0.05) is 127 Å². The summed E-state index contributed by atoms with van der Waals surface area (Å²) in [6.07, 6.45) is 2.37. The van der Waals surface area contributed by atoms with Crippen molar-refractivity contribution in [2.75, 3.05) is 0 Å². The van der Waals surface area contributed by atoms with Crippen molar-refractivity contribution in [2.24, 2.45) is 0 Å². The summed E-state index contributed by atoms with van der Waals surface area (Å²) in [5, 5.41) is 8.01. The lowest BCUT2D eigenvalue weighted by Crippen LogP contribution is -2.03. The van der Waals surface area contributed by atoms with E-state index in [0.717, 1.165) is 0 Å². The minimum Gasteiger partial charge on any atom is -0.0619 e. The lowest BCUT2D eigenvalue weighted by molar-refractivity contribution is 0.999. The third kappa shape index (κ3) is 2.86. The van der Waals surface area contributed by atoms with Gasteiger partial charge in [0.1, 0.15) is 0 Å². The SMILES string of the molecule is CC1=Cc2ccccc2C1c1c2ccccc2c(-c2cc3c4c(cccc4c2)-c2ccccc2-3)c2ccccc12. The van der Waals surface area contributed by atoms with Crippen LogP contribution in [0.25, 0.3) is 71.8 Å². The lowest BCUT2D eigenvalue weighted by Gasteiger charge is -2.23. The molecule has 0 heterocycles. The van der Waals surface area contributed by atoms with Gasteiger partial charge >= 0.3 is 0 Å². The highest BCUT2D eigenvalue weighted by Crippen LogP contribution is 2.52. The van der Waals surface area contributed by atoms with Gasteiger partial charge in [-0.2, -0.15) is 0 Å². The molecule has 0 bridgehead atoms. The van der Waals surface area contributed by atoms with E-state index in [1.165, 1.54) is 88.0 Å². The van der Waals surface area contributed by atoms with E-state index in [2.05, 4.69) is 140 Å². The van der Waals surface area contributed by atoms with Crippen molar-refractivity contribution < 1.29 is 0 Å². The highest BCUT2D eigenvalue weighted by molar-refractivity contribution is 6.20. The number of allylic oxidation sites excluding steroid dienone is 1. The fraction of sp³-hybridized carbons (Fsp3) is 0.0500. The van der Waals surface area contributed by atoms with Crippen LogP contribution in [0.1, 0.15) is 29.5 Å². The third-order valence-corrected chi connectivity index (χ3v) is 9.18. The average Bonchev–Trinajstić information content (AvgIpc) is 3.51. The normalized spacial score (nSPS) is 15.0. The second kappa shape index (κ2) is 8.04. The van der Waals surface area contributed by atoms with Crippen molar-refractivity contribution in [3.05, 3.63) is 150 Å². The molecule has 0 saturated carbocycles. The molecule has 1 unspecified atom stereocenters. The van der Waals surface area contributed by atoms with Crippen LogP contribution in [0.3, 0.4) is 0 Å². The minimum absolute atomic E-state index is 0.253. The number of fused-ring (bicyclic) bond motifs is 6. The first-order valence-electron chi connectivity index (χ1n) is 14.2. The Kier molecular flexibility index (Phi) is 4.41. The van der Waals surface area contributed by atoms with Crippen molar-refractivity contribution in [3.8, 4) is 33.4 Å². The Morgan fingerprint density at radius 2 is 1.10 bits per heavy atom. The Morgan fingerprint density at radius 1 is 0.500 bits per heavy atom. The molecule has 9 rings (SSSR count). The fourth-order valence-corrected chi connectivity index (χ4v) is 7.61. The molecule has 40 heavy (non-hydrogen) atoms. The fourth-order valence-electron chi connectivity index (χ4n) is 7.61. The molecule has 0 radical (unpaired) electrons. The Labute approximate surface area is 233 Å². The van der Waals surface area contributed by atoms with Crippen LogP contribution in [0.4, 0.5) is 0 Å². The molecule has 0 aliphatic heterocycles. The van der Waals surface area contributed by atoms with Crippen LogP contribution in [0.5, 0.6) is 0 Å². The smallest absolute Gasteiger partial charge is 0.0317 e. The van der Waals surface area contributed by atoms with Crippen molar-refractivity contribution in [1.82, 2.24) is 0 Å². The van der Waals surface area contributed by atoms with Gasteiger partial charge in [0.25, 0.3) is 0 Å². The predicted molar refractivity (Wildman–Crippen MR) is 171 cm³/mol. The summed E-state index contributed by atoms with van der Waals surface area (Å²) >= 11 is 0. The van der Waals surface area contributed by atoms with Crippen LogP contribution in [0.15, 0.2) is 133 Å². The summed E-state index contributed by atoms with van der Waals surface area (Å²) in [5.41, 5.74) is 13.6. The molecule has 7 aromatic rings. The number of hydrogen-bond donors (Lipinski definition) is 0. The number of hydrogen-bond acceptors (Lipinski definition) is 0. The molecule has 0 saturated heterocycles. The van der Waals surface area contributed by atoms with E-state index >= 15 is 0 Å². The Balaban J connectivity index is 1.40. The van der Waals surface area contributed by atoms with Crippen molar-refractivity contribution in [1.29, 1.82) is 0 Å². The molecule has 0 spiro atoms. The van der Waals surface area contributed by atoms with Gasteiger partial charge in [0.2, 0.25) is 0 Å². The van der Waals surface area contributed by atoms with E-state index in [1.54, 1.807) is 0 Å². The van der Waals surface area contributed by atoms with Gasteiger partial charge in [0.15, 0.2) is 0 Å². The van der Waals surface area contributed by atoms with Crippen LogP contribution in [-0.4, -0.2) is 0 Å². The summed E-state index contributed by atoms with van der Waals surface area (Å²) in [4.78, 5) is 0. The van der Waals surface area contributed by atoms with Crippen LogP contribution in [-0.2, 0) is 0 Å². The number of rotatable bonds is 2. The van der Waals surface area contributed by atoms with Gasteiger partial charge in [-0.25, -0.2) is 0 Å². The third-order valence-electron chi connectivity index (χ3n) is 9.18. The Hall–Kier alpha value is -4.94. The van der Waals surface area contributed by atoms with Gasteiger partial charge < -0.3 is 0 Å². The van der Waals surface area contributed by atoms with Crippen molar-refractivity contribution in [3.63, 3.8) is 0 Å². The van der Waals surface area contributed by atoms with Gasteiger partial charge in [0.05, 0.1) is 0 Å². The Morgan fingerprint density at radius 3 is 1.85 bits per heavy atom. The molecule has 186 valence electrons.